The molecule has 0 aliphatic carbocycles. The molecule has 2 rings (SSSR count). The van der Waals surface area contributed by atoms with Gasteiger partial charge in [0.05, 0.1) is 11.9 Å². The van der Waals surface area contributed by atoms with Crippen molar-refractivity contribution < 1.29 is 35.9 Å². The van der Waals surface area contributed by atoms with Crippen LogP contribution in [0.25, 0.3) is 17.0 Å². The largest absolute Gasteiger partial charge is 0.488 e. The Morgan fingerprint density at radius 1 is 1.29 bits per heavy atom. The number of carbonyl (C=O) groups excluding carboxylic acids is 1. The molecule has 0 unspecified atom stereocenters. The normalized spacial score (nSPS) is 12.4. The zero-order valence-corrected chi connectivity index (χ0v) is 15.6. The molecule has 0 fully saturated rings. The predicted octanol–water partition coefficient (Wildman–Crippen LogP) is 4.03. The van der Waals surface area contributed by atoms with Gasteiger partial charge in [0.15, 0.2) is 5.82 Å². The lowest BCUT2D eigenvalue weighted by Gasteiger charge is -2.11. The fraction of sp³-hybridized carbons (Fsp3) is 0.222. The number of benzene rings is 1. The van der Waals surface area contributed by atoms with Crippen molar-refractivity contribution in [3.05, 3.63) is 36.3 Å². The first-order chi connectivity index (χ1) is 14.6. The van der Waals surface area contributed by atoms with Crippen LogP contribution >= 0.6 is 0 Å². The molecule has 166 valence electrons. The summed E-state index contributed by atoms with van der Waals surface area (Å²) in [5.41, 5.74) is 0.0292. The maximum absolute atomic E-state index is 14.0. The predicted molar refractivity (Wildman–Crippen MR) is 102 cm³/mol. The third kappa shape index (κ3) is 7.28. The molecular weight excluding hydrogens is 432 g/mol. The number of ether oxygens (including phenoxy) is 1. The Labute approximate surface area is 171 Å². The Bertz CT molecular complexity index is 984. The Balaban J connectivity index is 2.54. The fourth-order valence-electron chi connectivity index (χ4n) is 2.35. The molecule has 0 aliphatic rings. The summed E-state index contributed by atoms with van der Waals surface area (Å²) in [6, 6.07) is 4.38. The second kappa shape index (κ2) is 10.4. The van der Waals surface area contributed by atoms with E-state index in [1.54, 1.807) is 0 Å². The van der Waals surface area contributed by atoms with Crippen LogP contribution in [0, 0.1) is 5.82 Å². The van der Waals surface area contributed by atoms with Gasteiger partial charge in [-0.25, -0.2) is 17.9 Å². The smallest absolute Gasteiger partial charge is 0.407 e. The van der Waals surface area contributed by atoms with E-state index in [4.69, 9.17) is 4.74 Å². The molecule has 2 aromatic rings. The van der Waals surface area contributed by atoms with Gasteiger partial charge in [0, 0.05) is 23.9 Å². The Morgan fingerprint density at radius 2 is 2.03 bits per heavy atom. The molecule has 1 N–H and O–H groups in total. The summed E-state index contributed by atoms with van der Waals surface area (Å²) >= 11 is 0. The quantitative estimate of drug-likeness (QED) is 0.339. The second-order valence-electron chi connectivity index (χ2n) is 5.79. The van der Waals surface area contributed by atoms with E-state index >= 15 is 0 Å². The highest BCUT2D eigenvalue weighted by Crippen LogP contribution is 2.29. The lowest BCUT2D eigenvalue weighted by Crippen LogP contribution is -2.12. The van der Waals surface area contributed by atoms with Crippen molar-refractivity contribution in [2.24, 2.45) is 9.98 Å². The summed E-state index contributed by atoms with van der Waals surface area (Å²) in [6.07, 6.45) is -5.20. The molecular formula is C18H15F6N5O2. The van der Waals surface area contributed by atoms with Gasteiger partial charge in [-0.15, -0.1) is 5.10 Å². The van der Waals surface area contributed by atoms with Gasteiger partial charge in [0.2, 0.25) is 6.41 Å². The molecule has 0 saturated carbocycles. The number of hydrogen-bond donors (Lipinski definition) is 1. The van der Waals surface area contributed by atoms with Crippen molar-refractivity contribution in [2.75, 3.05) is 18.5 Å². The van der Waals surface area contributed by atoms with E-state index < -0.39 is 31.6 Å². The van der Waals surface area contributed by atoms with Crippen LogP contribution in [0.1, 0.15) is 0 Å². The molecule has 31 heavy (non-hydrogen) atoms. The summed E-state index contributed by atoms with van der Waals surface area (Å²) in [5, 5.41) is 6.26. The van der Waals surface area contributed by atoms with Crippen molar-refractivity contribution in [2.45, 2.75) is 12.6 Å². The first-order valence-corrected chi connectivity index (χ1v) is 8.38. The Kier molecular flexibility index (Phi) is 7.94. The summed E-state index contributed by atoms with van der Waals surface area (Å²) in [4.78, 5) is 17.5. The molecule has 0 spiro atoms. The molecule has 1 aromatic heterocycles. The Hall–Kier alpha value is -3.64. The second-order valence-corrected chi connectivity index (χ2v) is 5.79. The van der Waals surface area contributed by atoms with Crippen LogP contribution in [-0.2, 0) is 4.79 Å². The van der Waals surface area contributed by atoms with Crippen molar-refractivity contribution in [3.8, 4) is 17.0 Å². The van der Waals surface area contributed by atoms with Crippen LogP contribution in [-0.4, -0.2) is 54.9 Å². The topological polar surface area (TPSA) is 80.9 Å². The van der Waals surface area contributed by atoms with Crippen molar-refractivity contribution in [1.29, 1.82) is 0 Å². The van der Waals surface area contributed by atoms with E-state index in [2.05, 4.69) is 27.1 Å². The maximum atomic E-state index is 14.0. The van der Waals surface area contributed by atoms with E-state index in [0.717, 1.165) is 29.2 Å². The minimum Gasteiger partial charge on any atom is -0.488 e. The number of nitrogens with one attached hydrogen (secondary N) is 1. The number of nitrogens with zero attached hydrogens (tertiary/aromatic N) is 4. The van der Waals surface area contributed by atoms with E-state index in [1.165, 1.54) is 12.1 Å². The molecule has 1 amide bonds. The lowest BCUT2D eigenvalue weighted by atomic mass is 10.1. The van der Waals surface area contributed by atoms with Crippen molar-refractivity contribution >= 4 is 30.9 Å². The van der Waals surface area contributed by atoms with Gasteiger partial charge in [-0.1, -0.05) is 0 Å². The summed E-state index contributed by atoms with van der Waals surface area (Å²) < 4.78 is 81.9. The number of carbonyl (C=O) groups is 1. The van der Waals surface area contributed by atoms with Gasteiger partial charge >= 0.3 is 6.18 Å². The number of aliphatic imine (C=N–C) groups is 2. The molecule has 1 heterocycles. The highest BCUT2D eigenvalue weighted by atomic mass is 19.4. The highest BCUT2D eigenvalue weighted by Gasteiger charge is 2.26. The van der Waals surface area contributed by atoms with Gasteiger partial charge in [-0.05, 0) is 18.9 Å². The van der Waals surface area contributed by atoms with Crippen LogP contribution in [0.4, 0.5) is 32.2 Å². The Morgan fingerprint density at radius 3 is 2.65 bits per heavy atom. The average Bonchev–Trinajstić information content (AvgIpc) is 3.08. The number of halogens is 6. The summed E-state index contributed by atoms with van der Waals surface area (Å²) in [7, 11) is 0. The zero-order valence-electron chi connectivity index (χ0n) is 15.6. The molecule has 0 radical (unpaired) electrons. The minimum atomic E-state index is -4.56. The van der Waals surface area contributed by atoms with E-state index in [1.807, 2.05) is 0 Å². The molecule has 0 bridgehead atoms. The first-order valence-electron chi connectivity index (χ1n) is 8.38. The van der Waals surface area contributed by atoms with E-state index in [9.17, 15) is 31.1 Å². The lowest BCUT2D eigenvalue weighted by molar-refractivity contribution is -0.118. The molecule has 13 heteroatoms. The van der Waals surface area contributed by atoms with Crippen LogP contribution in [0.3, 0.4) is 0 Å². The first kappa shape index (κ1) is 23.6. The molecule has 7 nitrogen and oxygen atoms in total. The van der Waals surface area contributed by atoms with Gasteiger partial charge in [0.1, 0.15) is 30.4 Å². The van der Waals surface area contributed by atoms with Gasteiger partial charge < -0.3 is 10.1 Å². The third-order valence-corrected chi connectivity index (χ3v) is 3.42. The highest BCUT2D eigenvalue weighted by molar-refractivity contribution is 6.03. The maximum Gasteiger partial charge on any atom is 0.407 e. The number of allylic oxidation sites excluding steroid dienone is 1. The number of aromatic nitrogens is 2. The number of amides is 1. The molecule has 1 aromatic carbocycles. The van der Waals surface area contributed by atoms with Crippen LogP contribution < -0.4 is 10.1 Å². The number of alkyl halides is 5. The number of rotatable bonds is 10. The minimum absolute atomic E-state index is 0.0384. The monoisotopic (exact) mass is 447 g/mol. The van der Waals surface area contributed by atoms with E-state index in [0.29, 0.717) is 6.41 Å². The standard InChI is InChI=1S/C18H15F6N5O2/c1-25-6-13(7-26-9-18(22,23)24)29-15(5-17(28-29)27-10-30)11-2-12(19)4-14(3-11)31-8-16(20)21/h2-7,10,16H,1,8-9H2,(H,27,28,30)/b13-6+,26-7-. The van der Waals surface area contributed by atoms with Gasteiger partial charge in [-0.3, -0.25) is 14.8 Å². The van der Waals surface area contributed by atoms with Crippen LogP contribution in [0.2, 0.25) is 0 Å². The van der Waals surface area contributed by atoms with Crippen LogP contribution in [0.15, 0.2) is 40.5 Å². The molecule has 0 aliphatic heterocycles. The van der Waals surface area contributed by atoms with Crippen molar-refractivity contribution in [1.82, 2.24) is 9.78 Å². The van der Waals surface area contributed by atoms with E-state index in [-0.39, 0.29) is 28.5 Å². The summed E-state index contributed by atoms with van der Waals surface area (Å²) in [6.45, 7) is 0.764. The van der Waals surface area contributed by atoms with Gasteiger partial charge in [-0.2, -0.15) is 13.2 Å². The fourth-order valence-corrected chi connectivity index (χ4v) is 2.35. The number of hydrogen-bond acceptors (Lipinski definition) is 5. The third-order valence-electron chi connectivity index (χ3n) is 3.42. The SMILES string of the molecule is C=N/C=C(\C=N/CC(F)(F)F)n1nc(NC=O)cc1-c1cc(F)cc(OCC(F)F)c1. The number of anilines is 1. The summed E-state index contributed by atoms with van der Waals surface area (Å²) in [5.74, 6) is -1.09. The van der Waals surface area contributed by atoms with Crippen molar-refractivity contribution in [3.63, 3.8) is 0 Å². The molecule has 0 atom stereocenters. The zero-order chi connectivity index (χ0) is 23.0. The van der Waals surface area contributed by atoms with Crippen LogP contribution in [0.5, 0.6) is 5.75 Å². The molecule has 0 saturated heterocycles. The van der Waals surface area contributed by atoms with Gasteiger partial charge in [0.25, 0.3) is 6.43 Å². The average molecular weight is 447 g/mol.